The number of urea groups is 1. The first-order valence-electron chi connectivity index (χ1n) is 5.15. The quantitative estimate of drug-likeness (QED) is 0.643. The number of pyridine rings is 1. The second-order valence-electron chi connectivity index (χ2n) is 4.44. The summed E-state index contributed by atoms with van der Waals surface area (Å²) < 4.78 is 0. The van der Waals surface area contributed by atoms with Crippen molar-refractivity contribution in [3.05, 3.63) is 29.0 Å². The molecule has 1 aliphatic heterocycles. The van der Waals surface area contributed by atoms with Crippen LogP contribution in [0.2, 0.25) is 5.15 Å². The second-order valence-corrected chi connectivity index (χ2v) is 4.82. The third-order valence-electron chi connectivity index (χ3n) is 2.57. The van der Waals surface area contributed by atoms with E-state index in [9.17, 15) is 9.59 Å². The second kappa shape index (κ2) is 4.00. The molecular formula is C11H12ClN3O2. The van der Waals surface area contributed by atoms with E-state index in [1.807, 2.05) is 0 Å². The number of hydrogen-bond donors (Lipinski definition) is 1. The zero-order valence-corrected chi connectivity index (χ0v) is 10.3. The molecule has 6 heteroatoms. The molecule has 1 fully saturated rings. The maximum atomic E-state index is 11.9. The van der Waals surface area contributed by atoms with Gasteiger partial charge in [-0.2, -0.15) is 0 Å². The lowest BCUT2D eigenvalue weighted by Gasteiger charge is -2.15. The van der Waals surface area contributed by atoms with Crippen molar-refractivity contribution >= 4 is 23.5 Å². The first-order chi connectivity index (χ1) is 7.90. The number of nitrogens with one attached hydrogen (secondary N) is 1. The van der Waals surface area contributed by atoms with Gasteiger partial charge in [0.1, 0.15) is 10.7 Å². The Morgan fingerprint density at radius 1 is 1.41 bits per heavy atom. The van der Waals surface area contributed by atoms with Crippen molar-refractivity contribution in [2.75, 3.05) is 0 Å². The highest BCUT2D eigenvalue weighted by molar-refractivity contribution is 6.29. The zero-order valence-electron chi connectivity index (χ0n) is 9.53. The number of aromatic nitrogens is 1. The first kappa shape index (κ1) is 11.9. The molecule has 0 bridgehead atoms. The Morgan fingerprint density at radius 2 is 2.12 bits per heavy atom. The minimum absolute atomic E-state index is 0.207. The lowest BCUT2D eigenvalue weighted by atomic mass is 10.1. The Bertz CT molecular complexity index is 470. The molecule has 0 saturated carbocycles. The highest BCUT2D eigenvalue weighted by Gasteiger charge is 2.43. The van der Waals surface area contributed by atoms with Crippen LogP contribution in [0.5, 0.6) is 0 Å². The smallest absolute Gasteiger partial charge is 0.324 e. The Labute approximate surface area is 104 Å². The first-order valence-corrected chi connectivity index (χ1v) is 5.52. The highest BCUT2D eigenvalue weighted by Crippen LogP contribution is 2.19. The van der Waals surface area contributed by atoms with Crippen LogP contribution in [0.15, 0.2) is 18.3 Å². The predicted molar refractivity (Wildman–Crippen MR) is 62.4 cm³/mol. The Morgan fingerprint density at radius 3 is 2.59 bits per heavy atom. The average molecular weight is 254 g/mol. The van der Waals surface area contributed by atoms with Crippen LogP contribution in [0.4, 0.5) is 4.79 Å². The van der Waals surface area contributed by atoms with Crippen molar-refractivity contribution in [2.24, 2.45) is 0 Å². The summed E-state index contributed by atoms with van der Waals surface area (Å²) in [7, 11) is 0. The molecule has 0 aliphatic carbocycles. The van der Waals surface area contributed by atoms with Gasteiger partial charge in [-0.05, 0) is 25.5 Å². The molecule has 5 nitrogen and oxygen atoms in total. The SMILES string of the molecule is CC1(C)NC(=O)N(Cc2ccc(Cl)nc2)C1=O. The van der Waals surface area contributed by atoms with Gasteiger partial charge in [-0.25, -0.2) is 9.78 Å². The van der Waals surface area contributed by atoms with Crippen LogP contribution in [0, 0.1) is 0 Å². The summed E-state index contributed by atoms with van der Waals surface area (Å²) in [5.41, 5.74) is -0.0766. The van der Waals surface area contributed by atoms with Gasteiger partial charge >= 0.3 is 6.03 Å². The minimum atomic E-state index is -0.836. The third kappa shape index (κ3) is 2.24. The number of imide groups is 1. The van der Waals surface area contributed by atoms with Crippen LogP contribution in [-0.4, -0.2) is 27.4 Å². The minimum Gasteiger partial charge on any atom is -0.324 e. The molecule has 1 N–H and O–H groups in total. The molecule has 0 unspecified atom stereocenters. The van der Waals surface area contributed by atoms with E-state index in [1.165, 1.54) is 4.90 Å². The topological polar surface area (TPSA) is 62.3 Å². The fourth-order valence-corrected chi connectivity index (χ4v) is 1.76. The lowest BCUT2D eigenvalue weighted by Crippen LogP contribution is -2.40. The lowest BCUT2D eigenvalue weighted by molar-refractivity contribution is -0.130. The molecule has 1 aromatic heterocycles. The molecule has 90 valence electrons. The molecule has 1 saturated heterocycles. The van der Waals surface area contributed by atoms with Crippen LogP contribution in [-0.2, 0) is 11.3 Å². The van der Waals surface area contributed by atoms with Gasteiger partial charge in [-0.1, -0.05) is 17.7 Å². The van der Waals surface area contributed by atoms with E-state index in [4.69, 9.17) is 11.6 Å². The van der Waals surface area contributed by atoms with E-state index in [-0.39, 0.29) is 18.5 Å². The summed E-state index contributed by atoms with van der Waals surface area (Å²) in [6.45, 7) is 3.55. The number of halogens is 1. The van der Waals surface area contributed by atoms with Gasteiger partial charge in [-0.3, -0.25) is 9.69 Å². The number of hydrogen-bond acceptors (Lipinski definition) is 3. The molecule has 2 heterocycles. The Kier molecular flexibility index (Phi) is 2.79. The normalized spacial score (nSPS) is 18.4. The van der Waals surface area contributed by atoms with Gasteiger partial charge in [-0.15, -0.1) is 0 Å². The molecule has 0 atom stereocenters. The molecule has 1 aromatic rings. The van der Waals surface area contributed by atoms with Crippen molar-refractivity contribution < 1.29 is 9.59 Å². The number of rotatable bonds is 2. The fraction of sp³-hybridized carbons (Fsp3) is 0.364. The summed E-state index contributed by atoms with van der Waals surface area (Å²) >= 11 is 5.66. The van der Waals surface area contributed by atoms with Crippen LogP contribution in [0.1, 0.15) is 19.4 Å². The molecule has 0 aromatic carbocycles. The van der Waals surface area contributed by atoms with Gasteiger partial charge in [0.05, 0.1) is 6.54 Å². The van der Waals surface area contributed by atoms with E-state index >= 15 is 0 Å². The molecule has 1 aliphatic rings. The zero-order chi connectivity index (χ0) is 12.6. The van der Waals surface area contributed by atoms with Crippen LogP contribution < -0.4 is 5.32 Å². The average Bonchev–Trinajstić information content (AvgIpc) is 2.44. The molecular weight excluding hydrogens is 242 g/mol. The molecule has 17 heavy (non-hydrogen) atoms. The van der Waals surface area contributed by atoms with Gasteiger partial charge in [0.15, 0.2) is 0 Å². The summed E-state index contributed by atoms with van der Waals surface area (Å²) in [5, 5.41) is 3.00. The molecule has 0 radical (unpaired) electrons. The van der Waals surface area contributed by atoms with Gasteiger partial charge < -0.3 is 5.32 Å². The number of nitrogens with zero attached hydrogens (tertiary/aromatic N) is 2. The third-order valence-corrected chi connectivity index (χ3v) is 2.80. The summed E-state index contributed by atoms with van der Waals surface area (Å²) in [6.07, 6.45) is 1.55. The van der Waals surface area contributed by atoms with E-state index in [2.05, 4.69) is 10.3 Å². The highest BCUT2D eigenvalue weighted by atomic mass is 35.5. The number of carbonyl (C=O) groups is 2. The van der Waals surface area contributed by atoms with Crippen molar-refractivity contribution in [1.82, 2.24) is 15.2 Å². The van der Waals surface area contributed by atoms with E-state index < -0.39 is 5.54 Å². The number of carbonyl (C=O) groups excluding carboxylic acids is 2. The largest absolute Gasteiger partial charge is 0.325 e. The van der Waals surface area contributed by atoms with Crippen molar-refractivity contribution in [3.63, 3.8) is 0 Å². The monoisotopic (exact) mass is 253 g/mol. The fourth-order valence-electron chi connectivity index (χ4n) is 1.64. The van der Waals surface area contributed by atoms with Gasteiger partial charge in [0.2, 0.25) is 0 Å². The van der Waals surface area contributed by atoms with Crippen molar-refractivity contribution in [2.45, 2.75) is 25.9 Å². The Balaban J connectivity index is 2.17. The summed E-state index contributed by atoms with van der Waals surface area (Å²) in [5.74, 6) is -0.238. The summed E-state index contributed by atoms with van der Waals surface area (Å²) in [6, 6.07) is 2.98. The molecule has 3 amide bonds. The maximum Gasteiger partial charge on any atom is 0.325 e. The molecule has 2 rings (SSSR count). The maximum absolute atomic E-state index is 11.9. The molecule has 0 spiro atoms. The van der Waals surface area contributed by atoms with Crippen LogP contribution in [0.3, 0.4) is 0 Å². The standard InChI is InChI=1S/C11H12ClN3O2/c1-11(2)9(16)15(10(17)14-11)6-7-3-4-8(12)13-5-7/h3-5H,6H2,1-2H3,(H,14,17). The van der Waals surface area contributed by atoms with Crippen molar-refractivity contribution in [1.29, 1.82) is 0 Å². The van der Waals surface area contributed by atoms with Crippen LogP contribution >= 0.6 is 11.6 Å². The van der Waals surface area contributed by atoms with Gasteiger partial charge in [0.25, 0.3) is 5.91 Å². The Hall–Kier alpha value is -1.62. The van der Waals surface area contributed by atoms with E-state index in [1.54, 1.807) is 32.2 Å². The summed E-state index contributed by atoms with van der Waals surface area (Å²) in [4.78, 5) is 28.6. The van der Waals surface area contributed by atoms with Crippen LogP contribution in [0.25, 0.3) is 0 Å². The predicted octanol–water partition coefficient (Wildman–Crippen LogP) is 1.57. The van der Waals surface area contributed by atoms with Crippen molar-refractivity contribution in [3.8, 4) is 0 Å². The van der Waals surface area contributed by atoms with E-state index in [0.29, 0.717) is 5.15 Å². The number of amides is 3. The van der Waals surface area contributed by atoms with Gasteiger partial charge in [0, 0.05) is 6.20 Å². The van der Waals surface area contributed by atoms with E-state index in [0.717, 1.165) is 5.56 Å².